The summed E-state index contributed by atoms with van der Waals surface area (Å²) < 4.78 is 11.0. The minimum Gasteiger partial charge on any atom is -0.507 e. The van der Waals surface area contributed by atoms with Crippen LogP contribution >= 0.6 is 0 Å². The summed E-state index contributed by atoms with van der Waals surface area (Å²) >= 11 is 0. The Morgan fingerprint density at radius 2 is 0.975 bits per heavy atom. The van der Waals surface area contributed by atoms with Crippen molar-refractivity contribution < 1.29 is 29.9 Å². The topological polar surface area (TPSA) is 124 Å². The summed E-state index contributed by atoms with van der Waals surface area (Å²) in [6.45, 7) is 5.14. The van der Waals surface area contributed by atoms with Gasteiger partial charge in [0, 0.05) is 35.7 Å². The maximum absolute atomic E-state index is 10.6. The van der Waals surface area contributed by atoms with E-state index in [1.807, 2.05) is 13.8 Å². The lowest BCUT2D eigenvalue weighted by Crippen LogP contribution is -1.95. The lowest BCUT2D eigenvalue weighted by molar-refractivity contribution is 0.315. The highest BCUT2D eigenvalue weighted by Crippen LogP contribution is 2.36. The van der Waals surface area contributed by atoms with E-state index in [0.29, 0.717) is 58.3 Å². The van der Waals surface area contributed by atoms with E-state index >= 15 is 0 Å². The van der Waals surface area contributed by atoms with E-state index < -0.39 is 0 Å². The molecule has 40 heavy (non-hydrogen) atoms. The minimum atomic E-state index is -0.0560. The van der Waals surface area contributed by atoms with Crippen LogP contribution in [0.5, 0.6) is 34.5 Å². The molecule has 8 heteroatoms. The largest absolute Gasteiger partial charge is 0.507 e. The second-order valence-corrected chi connectivity index (χ2v) is 9.06. The molecule has 4 rings (SSSR count). The zero-order valence-corrected chi connectivity index (χ0v) is 22.4. The average molecular weight is 541 g/mol. The zero-order chi connectivity index (χ0) is 28.5. The number of benzene rings is 4. The van der Waals surface area contributed by atoms with Gasteiger partial charge >= 0.3 is 0 Å². The Bertz CT molecular complexity index is 1420. The SMILES string of the molecule is CCCOc1ccc(C=Nc2ccc(-c3ccc(N=Cc4ccc(OCCC)cc4O)c(O)c3)cc2O)c(O)c1. The molecule has 0 aliphatic heterocycles. The van der Waals surface area contributed by atoms with Crippen LogP contribution in [0.4, 0.5) is 11.4 Å². The van der Waals surface area contributed by atoms with Gasteiger partial charge in [0.15, 0.2) is 0 Å². The summed E-state index contributed by atoms with van der Waals surface area (Å²) in [6.07, 6.45) is 4.67. The number of phenolic OH excluding ortho intramolecular Hbond substituents is 4. The summed E-state index contributed by atoms with van der Waals surface area (Å²) in [7, 11) is 0. The number of aromatic hydroxyl groups is 4. The van der Waals surface area contributed by atoms with E-state index in [2.05, 4.69) is 9.98 Å². The average Bonchev–Trinajstić information content (AvgIpc) is 2.95. The Morgan fingerprint density at radius 3 is 1.32 bits per heavy atom. The van der Waals surface area contributed by atoms with Gasteiger partial charge in [-0.3, -0.25) is 9.98 Å². The smallest absolute Gasteiger partial charge is 0.141 e. The number of rotatable bonds is 11. The molecule has 0 aliphatic carbocycles. The fourth-order valence-corrected chi connectivity index (χ4v) is 3.79. The molecular formula is C32H32N2O6. The molecular weight excluding hydrogens is 508 g/mol. The minimum absolute atomic E-state index is 0.0277. The van der Waals surface area contributed by atoms with E-state index in [4.69, 9.17) is 9.47 Å². The van der Waals surface area contributed by atoms with Crippen LogP contribution in [-0.4, -0.2) is 46.1 Å². The molecule has 206 valence electrons. The first-order chi connectivity index (χ1) is 19.4. The van der Waals surface area contributed by atoms with Crippen LogP contribution in [0.15, 0.2) is 82.8 Å². The zero-order valence-electron chi connectivity index (χ0n) is 22.4. The van der Waals surface area contributed by atoms with Crippen LogP contribution < -0.4 is 9.47 Å². The molecule has 0 bridgehead atoms. The third kappa shape index (κ3) is 7.11. The van der Waals surface area contributed by atoms with Crippen LogP contribution in [-0.2, 0) is 0 Å². The van der Waals surface area contributed by atoms with Gasteiger partial charge in [-0.2, -0.15) is 0 Å². The van der Waals surface area contributed by atoms with Gasteiger partial charge in [0.25, 0.3) is 0 Å². The van der Waals surface area contributed by atoms with Gasteiger partial charge in [-0.1, -0.05) is 26.0 Å². The summed E-state index contributed by atoms with van der Waals surface area (Å²) in [5, 5.41) is 41.6. The van der Waals surface area contributed by atoms with Crippen LogP contribution in [0.2, 0.25) is 0 Å². The second-order valence-electron chi connectivity index (χ2n) is 9.06. The lowest BCUT2D eigenvalue weighted by atomic mass is 10.0. The molecule has 0 saturated heterocycles. The van der Waals surface area contributed by atoms with Crippen LogP contribution in [0.1, 0.15) is 37.8 Å². The van der Waals surface area contributed by atoms with Gasteiger partial charge in [0.2, 0.25) is 0 Å². The van der Waals surface area contributed by atoms with Gasteiger partial charge in [-0.05, 0) is 72.5 Å². The van der Waals surface area contributed by atoms with Crippen molar-refractivity contribution in [2.45, 2.75) is 26.7 Å². The highest BCUT2D eigenvalue weighted by molar-refractivity contribution is 5.88. The van der Waals surface area contributed by atoms with Crippen molar-refractivity contribution >= 4 is 23.8 Å². The third-order valence-electron chi connectivity index (χ3n) is 5.92. The summed E-state index contributed by atoms with van der Waals surface area (Å²) in [5.74, 6) is 1.10. The van der Waals surface area contributed by atoms with Crippen LogP contribution in [0.25, 0.3) is 11.1 Å². The molecule has 0 unspecified atom stereocenters. The highest BCUT2D eigenvalue weighted by Gasteiger charge is 2.09. The monoisotopic (exact) mass is 540 g/mol. The summed E-state index contributed by atoms with van der Waals surface area (Å²) in [6, 6.07) is 19.9. The Labute approximate surface area is 233 Å². The van der Waals surface area contributed by atoms with Crippen molar-refractivity contribution in [2.75, 3.05) is 13.2 Å². The van der Waals surface area contributed by atoms with Crippen molar-refractivity contribution in [1.29, 1.82) is 0 Å². The van der Waals surface area contributed by atoms with Crippen molar-refractivity contribution in [3.63, 3.8) is 0 Å². The maximum Gasteiger partial charge on any atom is 0.141 e. The van der Waals surface area contributed by atoms with Gasteiger partial charge in [-0.25, -0.2) is 0 Å². The van der Waals surface area contributed by atoms with Crippen molar-refractivity contribution in [3.05, 3.63) is 83.9 Å². The van der Waals surface area contributed by atoms with E-state index in [1.54, 1.807) is 60.7 Å². The highest BCUT2D eigenvalue weighted by atomic mass is 16.5. The number of ether oxygens (including phenoxy) is 2. The molecule has 0 aromatic heterocycles. The standard InChI is InChI=1S/C32H32N2O6/c1-3-13-39-25-9-5-23(29(35)17-25)19-33-27-11-7-21(15-31(27)37)22-8-12-28(32(38)16-22)34-20-24-6-10-26(18-30(24)36)40-14-4-2/h5-12,15-20,35-38H,3-4,13-14H2,1-2H3. The molecule has 4 aromatic carbocycles. The molecule has 0 aliphatic rings. The molecule has 0 amide bonds. The number of hydrogen-bond donors (Lipinski definition) is 4. The maximum atomic E-state index is 10.6. The summed E-state index contributed by atoms with van der Waals surface area (Å²) in [5.41, 5.74) is 2.97. The van der Waals surface area contributed by atoms with Crippen LogP contribution in [0.3, 0.4) is 0 Å². The van der Waals surface area contributed by atoms with Gasteiger partial charge in [0.1, 0.15) is 45.9 Å². The Hall–Kier alpha value is -4.98. The van der Waals surface area contributed by atoms with E-state index in [0.717, 1.165) is 12.8 Å². The first-order valence-corrected chi connectivity index (χ1v) is 13.0. The predicted molar refractivity (Wildman–Crippen MR) is 158 cm³/mol. The van der Waals surface area contributed by atoms with Crippen molar-refractivity contribution in [3.8, 4) is 45.6 Å². The molecule has 4 N–H and O–H groups in total. The fraction of sp³-hybridized carbons (Fsp3) is 0.188. The second kappa shape index (κ2) is 13.2. The number of aliphatic imine (C=N–C) groups is 2. The molecule has 0 radical (unpaired) electrons. The number of phenols is 4. The molecule has 0 saturated carbocycles. The van der Waals surface area contributed by atoms with Crippen molar-refractivity contribution in [1.82, 2.24) is 0 Å². The molecule has 0 spiro atoms. The number of nitrogens with zero attached hydrogens (tertiary/aromatic N) is 2. The van der Waals surface area contributed by atoms with Gasteiger partial charge in [-0.15, -0.1) is 0 Å². The molecule has 8 nitrogen and oxygen atoms in total. The van der Waals surface area contributed by atoms with Crippen molar-refractivity contribution in [2.24, 2.45) is 9.98 Å². The Kier molecular flexibility index (Phi) is 9.25. The van der Waals surface area contributed by atoms with E-state index in [-0.39, 0.29) is 23.0 Å². The quantitative estimate of drug-likeness (QED) is 0.149. The van der Waals surface area contributed by atoms with Gasteiger partial charge < -0.3 is 29.9 Å². The van der Waals surface area contributed by atoms with Crippen LogP contribution in [0, 0.1) is 0 Å². The molecule has 4 aromatic rings. The number of hydrogen-bond acceptors (Lipinski definition) is 8. The predicted octanol–water partition coefficient (Wildman–Crippen LogP) is 7.25. The fourth-order valence-electron chi connectivity index (χ4n) is 3.79. The lowest BCUT2D eigenvalue weighted by Gasteiger charge is -2.08. The normalized spacial score (nSPS) is 11.3. The summed E-state index contributed by atoms with van der Waals surface area (Å²) in [4.78, 5) is 8.61. The van der Waals surface area contributed by atoms with Gasteiger partial charge in [0.05, 0.1) is 13.2 Å². The van der Waals surface area contributed by atoms with E-state index in [1.165, 1.54) is 24.6 Å². The Morgan fingerprint density at radius 1 is 0.550 bits per heavy atom. The first kappa shape index (κ1) is 28.0. The third-order valence-corrected chi connectivity index (χ3v) is 5.92. The van der Waals surface area contributed by atoms with E-state index in [9.17, 15) is 20.4 Å². The first-order valence-electron chi connectivity index (χ1n) is 13.0. The molecule has 0 atom stereocenters. The molecule has 0 heterocycles. The Balaban J connectivity index is 1.46. The molecule has 0 fully saturated rings.